The molecule has 4 nitrogen and oxygen atoms in total. The van der Waals surface area contributed by atoms with E-state index >= 15 is 0 Å². The van der Waals surface area contributed by atoms with Gasteiger partial charge in [0, 0.05) is 13.6 Å². The Morgan fingerprint density at radius 3 is 2.55 bits per heavy atom. The number of nitrogens with zero attached hydrogens (tertiary/aromatic N) is 2. The minimum Gasteiger partial charge on any atom is -0.478 e. The molecule has 6 heteroatoms. The summed E-state index contributed by atoms with van der Waals surface area (Å²) in [4.78, 5) is 16.9. The van der Waals surface area contributed by atoms with Crippen LogP contribution in [0.25, 0.3) is 0 Å². The highest BCUT2D eigenvalue weighted by Crippen LogP contribution is 2.21. The number of carboxylic acids is 1. The molecule has 20 heavy (non-hydrogen) atoms. The molecule has 1 aromatic heterocycles. The fourth-order valence-electron chi connectivity index (χ4n) is 1.82. The first kappa shape index (κ1) is 14.3. The second-order valence-electron chi connectivity index (χ2n) is 4.29. The molecule has 0 saturated heterocycles. The standard InChI is InChI=1S/C14H12ClFN2O2/c1-18(8-9-2-4-10(16)5-3-9)13-11(14(19)20)6-7-12(15)17-13/h2-7H,8H2,1H3,(H,19,20). The Bertz CT molecular complexity index is 632. The summed E-state index contributed by atoms with van der Waals surface area (Å²) >= 11 is 5.81. The number of carbonyl (C=O) groups is 1. The van der Waals surface area contributed by atoms with Crippen molar-refractivity contribution in [3.63, 3.8) is 0 Å². The van der Waals surface area contributed by atoms with E-state index < -0.39 is 5.97 Å². The first-order valence-corrected chi connectivity index (χ1v) is 6.20. The number of aromatic nitrogens is 1. The first-order chi connectivity index (χ1) is 9.47. The zero-order valence-corrected chi connectivity index (χ0v) is 11.4. The van der Waals surface area contributed by atoms with Crippen molar-refractivity contribution in [3.8, 4) is 0 Å². The van der Waals surface area contributed by atoms with Crippen LogP contribution in [0.15, 0.2) is 36.4 Å². The van der Waals surface area contributed by atoms with E-state index in [-0.39, 0.29) is 22.4 Å². The van der Waals surface area contributed by atoms with Gasteiger partial charge in [-0.2, -0.15) is 0 Å². The highest BCUT2D eigenvalue weighted by Gasteiger charge is 2.16. The van der Waals surface area contributed by atoms with Crippen molar-refractivity contribution in [2.45, 2.75) is 6.54 Å². The van der Waals surface area contributed by atoms with Crippen LogP contribution in [-0.2, 0) is 6.54 Å². The molecule has 1 N–H and O–H groups in total. The van der Waals surface area contributed by atoms with Gasteiger partial charge in [0.15, 0.2) is 0 Å². The average Bonchev–Trinajstić information content (AvgIpc) is 2.41. The van der Waals surface area contributed by atoms with Crippen molar-refractivity contribution in [2.75, 3.05) is 11.9 Å². The van der Waals surface area contributed by atoms with Crippen LogP contribution in [0.1, 0.15) is 15.9 Å². The number of pyridine rings is 1. The molecule has 2 rings (SSSR count). The summed E-state index contributed by atoms with van der Waals surface area (Å²) < 4.78 is 12.8. The number of carboxylic acid groups (broad SMARTS) is 1. The fraction of sp³-hybridized carbons (Fsp3) is 0.143. The van der Waals surface area contributed by atoms with Gasteiger partial charge in [-0.15, -0.1) is 0 Å². The maximum atomic E-state index is 12.8. The molecule has 0 radical (unpaired) electrons. The molecule has 0 amide bonds. The molecule has 0 spiro atoms. The van der Waals surface area contributed by atoms with E-state index in [0.29, 0.717) is 6.54 Å². The van der Waals surface area contributed by atoms with Crippen molar-refractivity contribution in [1.29, 1.82) is 0 Å². The Hall–Kier alpha value is -2.14. The molecule has 0 saturated carbocycles. The van der Waals surface area contributed by atoms with Crippen molar-refractivity contribution < 1.29 is 14.3 Å². The lowest BCUT2D eigenvalue weighted by molar-refractivity contribution is 0.0697. The summed E-state index contributed by atoms with van der Waals surface area (Å²) in [7, 11) is 1.70. The average molecular weight is 295 g/mol. The maximum Gasteiger partial charge on any atom is 0.339 e. The van der Waals surface area contributed by atoms with E-state index in [1.54, 1.807) is 24.1 Å². The number of halogens is 2. The van der Waals surface area contributed by atoms with Crippen LogP contribution in [0.2, 0.25) is 5.15 Å². The predicted octanol–water partition coefficient (Wildman–Crippen LogP) is 3.21. The Balaban J connectivity index is 2.28. The van der Waals surface area contributed by atoms with Crippen LogP contribution < -0.4 is 4.90 Å². The van der Waals surface area contributed by atoms with E-state index in [4.69, 9.17) is 16.7 Å². The quantitative estimate of drug-likeness (QED) is 0.880. The van der Waals surface area contributed by atoms with Crippen LogP contribution >= 0.6 is 11.6 Å². The normalized spacial score (nSPS) is 10.3. The molecule has 0 atom stereocenters. The van der Waals surface area contributed by atoms with Gasteiger partial charge in [0.1, 0.15) is 22.4 Å². The largest absolute Gasteiger partial charge is 0.478 e. The Morgan fingerprint density at radius 1 is 1.30 bits per heavy atom. The summed E-state index contributed by atoms with van der Waals surface area (Å²) in [5.41, 5.74) is 0.908. The van der Waals surface area contributed by atoms with Gasteiger partial charge < -0.3 is 10.0 Å². The van der Waals surface area contributed by atoms with E-state index in [1.165, 1.54) is 24.3 Å². The van der Waals surface area contributed by atoms with Crippen molar-refractivity contribution >= 4 is 23.4 Å². The topological polar surface area (TPSA) is 53.4 Å². The van der Waals surface area contributed by atoms with Crippen LogP contribution in [0, 0.1) is 5.82 Å². The molecule has 104 valence electrons. The van der Waals surface area contributed by atoms with Crippen molar-refractivity contribution in [3.05, 3.63) is 58.5 Å². The zero-order chi connectivity index (χ0) is 14.7. The molecular weight excluding hydrogens is 283 g/mol. The number of rotatable bonds is 4. The molecule has 0 aliphatic heterocycles. The van der Waals surface area contributed by atoms with Crippen LogP contribution in [-0.4, -0.2) is 23.1 Å². The van der Waals surface area contributed by atoms with Gasteiger partial charge in [-0.1, -0.05) is 23.7 Å². The monoisotopic (exact) mass is 294 g/mol. The van der Waals surface area contributed by atoms with Gasteiger partial charge in [0.05, 0.1) is 0 Å². The highest BCUT2D eigenvalue weighted by atomic mass is 35.5. The third-order valence-electron chi connectivity index (χ3n) is 2.77. The molecule has 0 aliphatic carbocycles. The minimum absolute atomic E-state index is 0.0685. The molecule has 0 bridgehead atoms. The van der Waals surface area contributed by atoms with Crippen LogP contribution in [0.5, 0.6) is 0 Å². The van der Waals surface area contributed by atoms with E-state index in [1.807, 2.05) is 0 Å². The lowest BCUT2D eigenvalue weighted by Crippen LogP contribution is -2.21. The van der Waals surface area contributed by atoms with Gasteiger partial charge >= 0.3 is 5.97 Å². The van der Waals surface area contributed by atoms with Crippen LogP contribution in [0.3, 0.4) is 0 Å². The number of anilines is 1. The molecule has 1 heterocycles. The first-order valence-electron chi connectivity index (χ1n) is 5.83. The van der Waals surface area contributed by atoms with Crippen molar-refractivity contribution in [1.82, 2.24) is 4.98 Å². The Labute approximate surface area is 120 Å². The smallest absolute Gasteiger partial charge is 0.339 e. The van der Waals surface area contributed by atoms with Gasteiger partial charge in [0.2, 0.25) is 0 Å². The number of benzene rings is 1. The Morgan fingerprint density at radius 2 is 1.95 bits per heavy atom. The molecule has 0 fully saturated rings. The fourth-order valence-corrected chi connectivity index (χ4v) is 1.96. The van der Waals surface area contributed by atoms with Gasteiger partial charge in [-0.3, -0.25) is 0 Å². The van der Waals surface area contributed by atoms with Crippen LogP contribution in [0.4, 0.5) is 10.2 Å². The number of aromatic carboxylic acids is 1. The lowest BCUT2D eigenvalue weighted by atomic mass is 10.2. The zero-order valence-electron chi connectivity index (χ0n) is 10.7. The summed E-state index contributed by atoms with van der Waals surface area (Å²) in [6.45, 7) is 0.397. The van der Waals surface area contributed by atoms with Gasteiger partial charge in [-0.25, -0.2) is 14.2 Å². The molecule has 2 aromatic rings. The summed E-state index contributed by atoms with van der Waals surface area (Å²) in [6, 6.07) is 8.82. The summed E-state index contributed by atoms with van der Waals surface area (Å²) in [5, 5.41) is 9.37. The van der Waals surface area contributed by atoms with Gasteiger partial charge in [-0.05, 0) is 29.8 Å². The minimum atomic E-state index is -1.07. The number of hydrogen-bond donors (Lipinski definition) is 1. The summed E-state index contributed by atoms with van der Waals surface area (Å²) in [6.07, 6.45) is 0. The third kappa shape index (κ3) is 3.24. The van der Waals surface area contributed by atoms with Crippen molar-refractivity contribution in [2.24, 2.45) is 0 Å². The predicted molar refractivity (Wildman–Crippen MR) is 74.7 cm³/mol. The van der Waals surface area contributed by atoms with E-state index in [0.717, 1.165) is 5.56 Å². The molecular formula is C14H12ClFN2O2. The van der Waals surface area contributed by atoms with E-state index in [9.17, 15) is 9.18 Å². The second kappa shape index (κ2) is 5.88. The maximum absolute atomic E-state index is 12.8. The van der Waals surface area contributed by atoms with Gasteiger partial charge in [0.25, 0.3) is 0 Å². The number of hydrogen-bond acceptors (Lipinski definition) is 3. The lowest BCUT2D eigenvalue weighted by Gasteiger charge is -2.20. The SMILES string of the molecule is CN(Cc1ccc(F)cc1)c1nc(Cl)ccc1C(=O)O. The highest BCUT2D eigenvalue weighted by molar-refractivity contribution is 6.29. The third-order valence-corrected chi connectivity index (χ3v) is 2.98. The molecule has 0 aliphatic rings. The Kier molecular flexibility index (Phi) is 4.20. The van der Waals surface area contributed by atoms with E-state index in [2.05, 4.69) is 4.98 Å². The summed E-state index contributed by atoms with van der Waals surface area (Å²) in [5.74, 6) is -1.12. The molecule has 1 aromatic carbocycles. The molecule has 0 unspecified atom stereocenters. The second-order valence-corrected chi connectivity index (χ2v) is 4.68.